The summed E-state index contributed by atoms with van der Waals surface area (Å²) in [7, 11) is 0. The molecule has 2 nitrogen and oxygen atoms in total. The lowest BCUT2D eigenvalue weighted by molar-refractivity contribution is 0.00772. The van der Waals surface area contributed by atoms with E-state index in [2.05, 4.69) is 0 Å². The molecule has 0 fully saturated rings. The summed E-state index contributed by atoms with van der Waals surface area (Å²) in [6.07, 6.45) is -1.18. The third kappa shape index (κ3) is 3.58. The van der Waals surface area contributed by atoms with Gasteiger partial charge in [-0.25, -0.2) is 4.39 Å². The van der Waals surface area contributed by atoms with Crippen molar-refractivity contribution in [1.82, 2.24) is 0 Å². The van der Waals surface area contributed by atoms with Crippen LogP contribution in [-0.4, -0.2) is 11.2 Å². The van der Waals surface area contributed by atoms with Crippen LogP contribution in [0.25, 0.3) is 0 Å². The molecule has 0 aliphatic heterocycles. The monoisotopic (exact) mass is 274 g/mol. The van der Waals surface area contributed by atoms with E-state index < -0.39 is 12.2 Å². The summed E-state index contributed by atoms with van der Waals surface area (Å²) < 4.78 is 19.0. The van der Waals surface area contributed by atoms with Crippen molar-refractivity contribution in [3.63, 3.8) is 0 Å². The smallest absolute Gasteiger partial charge is 0.131 e. The third-order valence-electron chi connectivity index (χ3n) is 3.18. The van der Waals surface area contributed by atoms with Crippen molar-refractivity contribution in [3.05, 3.63) is 66.0 Å². The van der Waals surface area contributed by atoms with Crippen molar-refractivity contribution in [3.8, 4) is 5.75 Å². The number of hydrogen-bond donors (Lipinski definition) is 1. The van der Waals surface area contributed by atoms with Crippen LogP contribution in [0.5, 0.6) is 5.75 Å². The van der Waals surface area contributed by atoms with E-state index in [-0.39, 0.29) is 11.7 Å². The lowest BCUT2D eigenvalue weighted by atomic mass is 9.96. The Bertz CT molecular complexity index is 540. The van der Waals surface area contributed by atoms with E-state index >= 15 is 0 Å². The predicted octanol–water partition coefficient (Wildman–Crippen LogP) is 3.96. The Morgan fingerprint density at radius 3 is 2.30 bits per heavy atom. The number of ether oxygens (including phenoxy) is 1. The zero-order valence-corrected chi connectivity index (χ0v) is 11.7. The van der Waals surface area contributed by atoms with Crippen LogP contribution in [0.15, 0.2) is 54.6 Å². The highest BCUT2D eigenvalue weighted by Crippen LogP contribution is 2.27. The normalized spacial score (nSPS) is 14.1. The fraction of sp³-hybridized carbons (Fsp3) is 0.294. The molecule has 2 rings (SSSR count). The molecular formula is C17H19FO2. The zero-order valence-electron chi connectivity index (χ0n) is 11.7. The Hall–Kier alpha value is -1.87. The summed E-state index contributed by atoms with van der Waals surface area (Å²) in [5, 5.41) is 10.5. The minimum absolute atomic E-state index is 0.0912. The average molecular weight is 274 g/mol. The molecule has 0 saturated carbocycles. The third-order valence-corrected chi connectivity index (χ3v) is 3.18. The van der Waals surface area contributed by atoms with Crippen LogP contribution in [0.3, 0.4) is 0 Å². The maximum atomic E-state index is 13.2. The van der Waals surface area contributed by atoms with Gasteiger partial charge in [0, 0.05) is 6.07 Å². The summed E-state index contributed by atoms with van der Waals surface area (Å²) in [5.41, 5.74) is 0.794. The molecule has 2 aromatic rings. The first kappa shape index (κ1) is 14.5. The van der Waals surface area contributed by atoms with Gasteiger partial charge >= 0.3 is 0 Å². The molecule has 0 aliphatic rings. The highest BCUT2D eigenvalue weighted by molar-refractivity contribution is 5.24. The summed E-state index contributed by atoms with van der Waals surface area (Å²) >= 11 is 0. The first-order valence-corrected chi connectivity index (χ1v) is 6.73. The van der Waals surface area contributed by atoms with Gasteiger partial charge in [0.05, 0.1) is 0 Å². The molecule has 1 N–H and O–H groups in total. The maximum Gasteiger partial charge on any atom is 0.131 e. The molecule has 20 heavy (non-hydrogen) atoms. The Kier molecular flexibility index (Phi) is 4.74. The van der Waals surface area contributed by atoms with Crippen molar-refractivity contribution >= 4 is 0 Å². The standard InChI is InChI=1S/C17H19FO2/c1-12(2)17(16(19)13-7-4-3-5-8-13)20-15-10-6-9-14(18)11-15/h3-12,16-17,19H,1-2H3. The van der Waals surface area contributed by atoms with E-state index in [1.807, 2.05) is 44.2 Å². The predicted molar refractivity (Wildman–Crippen MR) is 77.1 cm³/mol. The van der Waals surface area contributed by atoms with Crippen LogP contribution in [0, 0.1) is 11.7 Å². The lowest BCUT2D eigenvalue weighted by Crippen LogP contribution is -2.30. The van der Waals surface area contributed by atoms with Gasteiger partial charge in [0.15, 0.2) is 0 Å². The molecular weight excluding hydrogens is 255 g/mol. The van der Waals surface area contributed by atoms with E-state index in [0.29, 0.717) is 5.75 Å². The van der Waals surface area contributed by atoms with E-state index in [0.717, 1.165) is 5.56 Å². The molecule has 0 aliphatic carbocycles. The molecule has 0 aromatic heterocycles. The van der Waals surface area contributed by atoms with Gasteiger partial charge in [-0.15, -0.1) is 0 Å². The van der Waals surface area contributed by atoms with Gasteiger partial charge in [-0.2, -0.15) is 0 Å². The molecule has 2 unspecified atom stereocenters. The van der Waals surface area contributed by atoms with Gasteiger partial charge in [0.2, 0.25) is 0 Å². The second-order valence-electron chi connectivity index (χ2n) is 5.14. The summed E-state index contributed by atoms with van der Waals surface area (Å²) in [6, 6.07) is 15.3. The Morgan fingerprint density at radius 2 is 1.70 bits per heavy atom. The SMILES string of the molecule is CC(C)C(Oc1cccc(F)c1)C(O)c1ccccc1. The highest BCUT2D eigenvalue weighted by atomic mass is 19.1. The average Bonchev–Trinajstić information content (AvgIpc) is 2.45. The van der Waals surface area contributed by atoms with Gasteiger partial charge in [-0.3, -0.25) is 0 Å². The number of hydrogen-bond acceptors (Lipinski definition) is 2. The van der Waals surface area contributed by atoms with Gasteiger partial charge < -0.3 is 9.84 Å². The Labute approximate surface area is 118 Å². The second-order valence-corrected chi connectivity index (χ2v) is 5.14. The van der Waals surface area contributed by atoms with E-state index in [1.54, 1.807) is 12.1 Å². The van der Waals surface area contributed by atoms with Crippen LogP contribution in [0.1, 0.15) is 25.5 Å². The zero-order chi connectivity index (χ0) is 14.5. The van der Waals surface area contributed by atoms with Gasteiger partial charge in [0.1, 0.15) is 23.8 Å². The van der Waals surface area contributed by atoms with Gasteiger partial charge in [0.25, 0.3) is 0 Å². The summed E-state index contributed by atoms with van der Waals surface area (Å²) in [4.78, 5) is 0. The number of halogens is 1. The minimum Gasteiger partial charge on any atom is -0.487 e. The van der Waals surface area contributed by atoms with Crippen LogP contribution < -0.4 is 4.74 Å². The van der Waals surface area contributed by atoms with Gasteiger partial charge in [-0.05, 0) is 23.6 Å². The number of aliphatic hydroxyl groups is 1. The Morgan fingerprint density at radius 1 is 1.00 bits per heavy atom. The summed E-state index contributed by atoms with van der Waals surface area (Å²) in [6.45, 7) is 3.94. The van der Waals surface area contributed by atoms with Crippen molar-refractivity contribution in [1.29, 1.82) is 0 Å². The second kappa shape index (κ2) is 6.53. The Balaban J connectivity index is 2.19. The minimum atomic E-state index is -0.750. The number of benzene rings is 2. The number of rotatable bonds is 5. The molecule has 0 saturated heterocycles. The van der Waals surface area contributed by atoms with Crippen molar-refractivity contribution in [2.45, 2.75) is 26.1 Å². The van der Waals surface area contributed by atoms with Crippen LogP contribution >= 0.6 is 0 Å². The fourth-order valence-electron chi connectivity index (χ4n) is 2.10. The van der Waals surface area contributed by atoms with E-state index in [4.69, 9.17) is 4.74 Å². The molecule has 3 heteroatoms. The van der Waals surface area contributed by atoms with Crippen molar-refractivity contribution in [2.24, 2.45) is 5.92 Å². The fourth-order valence-corrected chi connectivity index (χ4v) is 2.10. The molecule has 0 heterocycles. The molecule has 0 amide bonds. The molecule has 2 atom stereocenters. The molecule has 106 valence electrons. The van der Waals surface area contributed by atoms with Crippen LogP contribution in [0.4, 0.5) is 4.39 Å². The van der Waals surface area contributed by atoms with Crippen molar-refractivity contribution < 1.29 is 14.2 Å². The topological polar surface area (TPSA) is 29.5 Å². The summed E-state index contributed by atoms with van der Waals surface area (Å²) in [5.74, 6) is 0.173. The largest absolute Gasteiger partial charge is 0.487 e. The van der Waals surface area contributed by atoms with Crippen molar-refractivity contribution in [2.75, 3.05) is 0 Å². The maximum absolute atomic E-state index is 13.2. The molecule has 0 bridgehead atoms. The number of aliphatic hydroxyl groups excluding tert-OH is 1. The van der Waals surface area contributed by atoms with Crippen LogP contribution in [0.2, 0.25) is 0 Å². The van der Waals surface area contributed by atoms with E-state index in [9.17, 15) is 9.50 Å². The van der Waals surface area contributed by atoms with E-state index in [1.165, 1.54) is 12.1 Å². The lowest BCUT2D eigenvalue weighted by Gasteiger charge is -2.27. The molecule has 0 spiro atoms. The first-order chi connectivity index (χ1) is 9.58. The van der Waals surface area contributed by atoms with Crippen LogP contribution in [-0.2, 0) is 0 Å². The molecule has 2 aromatic carbocycles. The quantitative estimate of drug-likeness (QED) is 0.894. The van der Waals surface area contributed by atoms with Gasteiger partial charge in [-0.1, -0.05) is 50.2 Å². The highest BCUT2D eigenvalue weighted by Gasteiger charge is 2.26. The molecule has 0 radical (unpaired) electrons. The first-order valence-electron chi connectivity index (χ1n) is 6.73.